The fourth-order valence-electron chi connectivity index (χ4n) is 3.93. The molecule has 8 nitrogen and oxygen atoms in total. The third-order valence-corrected chi connectivity index (χ3v) is 10.0. The molecule has 1 aliphatic heterocycles. The third-order valence-electron chi connectivity index (χ3n) is 6.28. The lowest BCUT2D eigenvalue weighted by atomic mass is 9.95. The Hall–Kier alpha value is -1.84. The van der Waals surface area contributed by atoms with Gasteiger partial charge in [-0.2, -0.15) is 17.5 Å². The molecule has 14 heteroatoms. The highest BCUT2D eigenvalue weighted by molar-refractivity contribution is 7.90. The summed E-state index contributed by atoms with van der Waals surface area (Å²) < 4.78 is 92.8. The number of nitrogens with zero attached hydrogens (tertiary/aromatic N) is 3. The van der Waals surface area contributed by atoms with Gasteiger partial charge >= 0.3 is 6.18 Å². The van der Waals surface area contributed by atoms with Crippen LogP contribution in [0.2, 0.25) is 0 Å². The molecule has 1 N–H and O–H groups in total. The second-order valence-corrected chi connectivity index (χ2v) is 13.3. The van der Waals surface area contributed by atoms with E-state index in [0.29, 0.717) is 12.6 Å². The van der Waals surface area contributed by atoms with E-state index in [2.05, 4.69) is 12.6 Å². The quantitative estimate of drug-likeness (QED) is 0.499. The van der Waals surface area contributed by atoms with Gasteiger partial charge in [-0.1, -0.05) is 24.3 Å². The van der Waals surface area contributed by atoms with Crippen molar-refractivity contribution in [2.45, 2.75) is 34.5 Å². The SMILES string of the molecule is CN(C[C@H]1CN(S(=O)(=O)c2ccccc2S)CCN1c1ccc([C@](C)(O)C(F)(F)F)cc1)S(C)(=O)=O. The molecule has 1 heterocycles. The van der Waals surface area contributed by atoms with Gasteiger partial charge in [0.15, 0.2) is 5.60 Å². The van der Waals surface area contributed by atoms with Crippen LogP contribution in [0, 0.1) is 0 Å². The van der Waals surface area contributed by atoms with Gasteiger partial charge in [0.1, 0.15) is 0 Å². The van der Waals surface area contributed by atoms with E-state index in [1.54, 1.807) is 23.1 Å². The van der Waals surface area contributed by atoms with Gasteiger partial charge in [-0.25, -0.2) is 21.1 Å². The van der Waals surface area contributed by atoms with E-state index in [0.717, 1.165) is 22.7 Å². The molecule has 0 spiro atoms. The average molecular weight is 568 g/mol. The van der Waals surface area contributed by atoms with Gasteiger partial charge in [-0.15, -0.1) is 12.6 Å². The largest absolute Gasteiger partial charge is 0.421 e. The second kappa shape index (κ2) is 10.1. The molecule has 3 rings (SSSR count). The highest BCUT2D eigenvalue weighted by atomic mass is 32.2. The fraction of sp³-hybridized carbons (Fsp3) is 0.455. The van der Waals surface area contributed by atoms with E-state index in [-0.39, 0.29) is 41.5 Å². The molecule has 2 aromatic carbocycles. The summed E-state index contributed by atoms with van der Waals surface area (Å²) in [5.74, 6) is 0. The first-order valence-corrected chi connectivity index (χ1v) is 14.6. The molecule has 1 fully saturated rings. The minimum absolute atomic E-state index is 0.0238. The van der Waals surface area contributed by atoms with E-state index in [4.69, 9.17) is 0 Å². The predicted molar refractivity (Wildman–Crippen MR) is 133 cm³/mol. The number of likely N-dealkylation sites (N-methyl/N-ethyl adjacent to an activating group) is 1. The summed E-state index contributed by atoms with van der Waals surface area (Å²) in [5.41, 5.74) is -2.93. The first-order chi connectivity index (χ1) is 16.5. The van der Waals surface area contributed by atoms with Gasteiger partial charge in [0.05, 0.1) is 17.2 Å². The molecule has 0 saturated carbocycles. The van der Waals surface area contributed by atoms with E-state index >= 15 is 0 Å². The molecule has 0 amide bonds. The molecule has 0 aromatic heterocycles. The summed E-state index contributed by atoms with van der Waals surface area (Å²) in [7, 11) is -6.17. The van der Waals surface area contributed by atoms with Crippen molar-refractivity contribution in [2.75, 3.05) is 44.4 Å². The van der Waals surface area contributed by atoms with Crippen molar-refractivity contribution in [2.24, 2.45) is 0 Å². The Balaban J connectivity index is 1.94. The van der Waals surface area contributed by atoms with Crippen LogP contribution in [0.15, 0.2) is 58.3 Å². The van der Waals surface area contributed by atoms with Crippen molar-refractivity contribution in [3.8, 4) is 0 Å². The molecular weight excluding hydrogens is 539 g/mol. The van der Waals surface area contributed by atoms with E-state index in [1.165, 1.54) is 29.6 Å². The fourth-order valence-corrected chi connectivity index (χ4v) is 6.43. The molecule has 0 aliphatic carbocycles. The molecular formula is C22H28F3N3O5S3. The second-order valence-electron chi connectivity index (χ2n) is 8.84. The van der Waals surface area contributed by atoms with E-state index < -0.39 is 37.9 Å². The van der Waals surface area contributed by atoms with Crippen LogP contribution in [0.5, 0.6) is 0 Å². The number of hydrogen-bond acceptors (Lipinski definition) is 7. The molecule has 1 aliphatic rings. The van der Waals surface area contributed by atoms with Crippen LogP contribution < -0.4 is 4.90 Å². The van der Waals surface area contributed by atoms with Gasteiger partial charge in [0.2, 0.25) is 20.0 Å². The van der Waals surface area contributed by atoms with Crippen LogP contribution >= 0.6 is 12.6 Å². The van der Waals surface area contributed by atoms with Crippen molar-refractivity contribution >= 4 is 38.4 Å². The highest BCUT2D eigenvalue weighted by Gasteiger charge is 2.51. The van der Waals surface area contributed by atoms with Crippen LogP contribution in [0.4, 0.5) is 18.9 Å². The van der Waals surface area contributed by atoms with Crippen LogP contribution in [-0.4, -0.2) is 82.3 Å². The summed E-state index contributed by atoms with van der Waals surface area (Å²) in [6, 6.07) is 10.7. The van der Waals surface area contributed by atoms with Gasteiger partial charge in [-0.3, -0.25) is 0 Å². The van der Waals surface area contributed by atoms with Crippen molar-refractivity contribution < 1.29 is 35.1 Å². The van der Waals surface area contributed by atoms with Crippen molar-refractivity contribution in [1.82, 2.24) is 8.61 Å². The van der Waals surface area contributed by atoms with Gasteiger partial charge in [0.25, 0.3) is 0 Å². The van der Waals surface area contributed by atoms with Gasteiger partial charge in [0, 0.05) is 43.8 Å². The average Bonchev–Trinajstić information content (AvgIpc) is 2.78. The molecule has 1 saturated heterocycles. The minimum atomic E-state index is -4.88. The lowest BCUT2D eigenvalue weighted by Gasteiger charge is -2.43. The molecule has 2 atom stereocenters. The number of sulfonamides is 2. The van der Waals surface area contributed by atoms with Crippen LogP contribution in [0.3, 0.4) is 0 Å². The summed E-state index contributed by atoms with van der Waals surface area (Å²) >= 11 is 4.25. The first kappa shape index (κ1) is 28.7. The topological polar surface area (TPSA) is 98.2 Å². The Morgan fingerprint density at radius 2 is 1.64 bits per heavy atom. The number of benzene rings is 2. The number of thiol groups is 1. The maximum Gasteiger partial charge on any atom is 0.421 e. The molecule has 0 bridgehead atoms. The van der Waals surface area contributed by atoms with Crippen LogP contribution in [0.25, 0.3) is 0 Å². The number of anilines is 1. The summed E-state index contributed by atoms with van der Waals surface area (Å²) in [5, 5.41) is 9.95. The van der Waals surface area contributed by atoms with Crippen LogP contribution in [0.1, 0.15) is 12.5 Å². The lowest BCUT2D eigenvalue weighted by molar-refractivity contribution is -0.258. The van der Waals surface area contributed by atoms with Gasteiger partial charge < -0.3 is 10.0 Å². The third kappa shape index (κ3) is 5.83. The van der Waals surface area contributed by atoms with Crippen molar-refractivity contribution in [3.05, 3.63) is 54.1 Å². The van der Waals surface area contributed by atoms with E-state index in [1.807, 2.05) is 0 Å². The first-order valence-electron chi connectivity index (χ1n) is 10.8. The number of aliphatic hydroxyl groups is 1. The Kier molecular flexibility index (Phi) is 8.09. The summed E-state index contributed by atoms with van der Waals surface area (Å²) in [4.78, 5) is 2.06. The standard InChI is InChI=1S/C22H28F3N3O5S3/c1-21(29,22(23,24)25)16-8-10-17(11-9-16)28-13-12-27(15-18(28)14-26(2)35(3,30)31)36(32,33)20-7-5-4-6-19(20)34/h4-11,18,29,34H,12-15H2,1-3H3/t18-,21-/m0/s1. The number of rotatable bonds is 7. The predicted octanol–water partition coefficient (Wildman–Crippen LogP) is 2.52. The summed E-state index contributed by atoms with van der Waals surface area (Å²) in [6.07, 6.45) is -3.85. The Morgan fingerprint density at radius 3 is 2.17 bits per heavy atom. The Bertz CT molecular complexity index is 1300. The molecule has 2 aromatic rings. The molecule has 0 radical (unpaired) electrons. The Morgan fingerprint density at radius 1 is 1.06 bits per heavy atom. The van der Waals surface area contributed by atoms with Crippen molar-refractivity contribution in [1.29, 1.82) is 0 Å². The Labute approximate surface area is 214 Å². The van der Waals surface area contributed by atoms with E-state index in [9.17, 15) is 35.1 Å². The zero-order chi connectivity index (χ0) is 27.1. The summed E-state index contributed by atoms with van der Waals surface area (Å²) in [6.45, 7) is 0.757. The zero-order valence-corrected chi connectivity index (χ0v) is 22.4. The van der Waals surface area contributed by atoms with Crippen LogP contribution in [-0.2, 0) is 25.6 Å². The zero-order valence-electron chi connectivity index (χ0n) is 19.8. The lowest BCUT2D eigenvalue weighted by Crippen LogP contribution is -2.58. The molecule has 36 heavy (non-hydrogen) atoms. The molecule has 200 valence electrons. The molecule has 0 unspecified atom stereocenters. The monoisotopic (exact) mass is 567 g/mol. The smallest absolute Gasteiger partial charge is 0.376 e. The number of alkyl halides is 3. The normalized spacial score (nSPS) is 19.9. The van der Waals surface area contributed by atoms with Gasteiger partial charge in [-0.05, 0) is 36.8 Å². The number of piperazine rings is 1. The number of hydrogen-bond donors (Lipinski definition) is 2. The maximum absolute atomic E-state index is 13.3. The minimum Gasteiger partial charge on any atom is -0.376 e. The number of halogens is 3. The highest BCUT2D eigenvalue weighted by Crippen LogP contribution is 2.39. The maximum atomic E-state index is 13.3. The van der Waals surface area contributed by atoms with Crippen molar-refractivity contribution in [3.63, 3.8) is 0 Å².